The fourth-order valence-corrected chi connectivity index (χ4v) is 2.93. The summed E-state index contributed by atoms with van der Waals surface area (Å²) >= 11 is 0. The van der Waals surface area contributed by atoms with E-state index in [2.05, 4.69) is 55.3 Å². The third-order valence-electron chi connectivity index (χ3n) is 3.99. The molecule has 1 aromatic carbocycles. The lowest BCUT2D eigenvalue weighted by Gasteiger charge is -2.27. The van der Waals surface area contributed by atoms with E-state index >= 15 is 0 Å². The Morgan fingerprint density at radius 3 is 2.58 bits per heavy atom. The molecule has 0 amide bonds. The first-order valence-electron chi connectivity index (χ1n) is 7.37. The average Bonchev–Trinajstić information content (AvgIpc) is 2.47. The second-order valence-corrected chi connectivity index (χ2v) is 5.06. The molecular formula is C17H24N2. The van der Waals surface area contributed by atoms with E-state index in [1.165, 1.54) is 29.2 Å². The maximum atomic E-state index is 4.22. The molecule has 0 aliphatic heterocycles. The maximum Gasteiger partial charge on any atom is 0.0354 e. The van der Waals surface area contributed by atoms with E-state index in [0.717, 1.165) is 6.54 Å². The Kier molecular flexibility index (Phi) is 4.92. The van der Waals surface area contributed by atoms with Crippen LogP contribution in [0.5, 0.6) is 0 Å². The van der Waals surface area contributed by atoms with E-state index in [-0.39, 0.29) is 0 Å². The summed E-state index contributed by atoms with van der Waals surface area (Å²) in [6.45, 7) is 7.75. The van der Waals surface area contributed by atoms with E-state index in [4.69, 9.17) is 0 Å². The lowest BCUT2D eigenvalue weighted by atomic mass is 9.86. The van der Waals surface area contributed by atoms with Crippen molar-refractivity contribution in [3.63, 3.8) is 0 Å². The lowest BCUT2D eigenvalue weighted by molar-refractivity contribution is 0.348. The predicted octanol–water partition coefficient (Wildman–Crippen LogP) is 4.32. The minimum absolute atomic E-state index is 0.436. The van der Waals surface area contributed by atoms with Crippen molar-refractivity contribution in [2.75, 3.05) is 6.54 Å². The molecule has 1 unspecified atom stereocenters. The normalized spacial score (nSPS) is 13.1. The van der Waals surface area contributed by atoms with Crippen molar-refractivity contribution < 1.29 is 0 Å². The number of fused-ring (bicyclic) bond motifs is 1. The van der Waals surface area contributed by atoms with Crippen LogP contribution in [0, 0.1) is 5.92 Å². The van der Waals surface area contributed by atoms with E-state index in [1.807, 2.05) is 12.4 Å². The van der Waals surface area contributed by atoms with E-state index in [0.29, 0.717) is 12.0 Å². The van der Waals surface area contributed by atoms with Crippen LogP contribution in [0.4, 0.5) is 0 Å². The van der Waals surface area contributed by atoms with Gasteiger partial charge in [0.05, 0.1) is 0 Å². The molecule has 2 heteroatoms. The fraction of sp³-hybridized carbons (Fsp3) is 0.471. The maximum absolute atomic E-state index is 4.22. The first-order valence-corrected chi connectivity index (χ1v) is 7.37. The molecule has 0 saturated heterocycles. The fourth-order valence-electron chi connectivity index (χ4n) is 2.93. The van der Waals surface area contributed by atoms with Gasteiger partial charge in [-0.2, -0.15) is 0 Å². The van der Waals surface area contributed by atoms with Crippen LogP contribution in [0.1, 0.15) is 45.2 Å². The Morgan fingerprint density at radius 2 is 1.89 bits per heavy atom. The zero-order valence-electron chi connectivity index (χ0n) is 12.2. The van der Waals surface area contributed by atoms with Crippen molar-refractivity contribution in [2.45, 2.75) is 39.7 Å². The number of benzene rings is 1. The summed E-state index contributed by atoms with van der Waals surface area (Å²) in [5, 5.41) is 6.23. The van der Waals surface area contributed by atoms with Crippen molar-refractivity contribution in [3.8, 4) is 0 Å². The summed E-state index contributed by atoms with van der Waals surface area (Å²) in [6, 6.07) is 9.12. The SMILES string of the molecule is CCNC(c1cccc2cnccc12)C(CC)CC. The molecule has 2 aromatic rings. The number of aromatic nitrogens is 1. The number of nitrogens with zero attached hydrogens (tertiary/aromatic N) is 1. The van der Waals surface area contributed by atoms with E-state index in [1.54, 1.807) is 0 Å². The predicted molar refractivity (Wildman–Crippen MR) is 82.2 cm³/mol. The smallest absolute Gasteiger partial charge is 0.0354 e. The Morgan fingerprint density at radius 1 is 1.11 bits per heavy atom. The van der Waals surface area contributed by atoms with Crippen molar-refractivity contribution >= 4 is 10.8 Å². The van der Waals surface area contributed by atoms with Gasteiger partial charge in [-0.05, 0) is 29.5 Å². The average molecular weight is 256 g/mol. The van der Waals surface area contributed by atoms with Gasteiger partial charge in [0.15, 0.2) is 0 Å². The third-order valence-corrected chi connectivity index (χ3v) is 3.99. The second-order valence-electron chi connectivity index (χ2n) is 5.06. The van der Waals surface area contributed by atoms with Gasteiger partial charge in [0.2, 0.25) is 0 Å². The van der Waals surface area contributed by atoms with Gasteiger partial charge < -0.3 is 5.32 Å². The number of hydrogen-bond acceptors (Lipinski definition) is 2. The molecule has 0 aliphatic carbocycles. The highest BCUT2D eigenvalue weighted by Gasteiger charge is 2.20. The number of nitrogens with one attached hydrogen (secondary N) is 1. The molecule has 1 aromatic heterocycles. The molecular weight excluding hydrogens is 232 g/mol. The third kappa shape index (κ3) is 2.95. The summed E-state index contributed by atoms with van der Waals surface area (Å²) in [5.41, 5.74) is 1.41. The van der Waals surface area contributed by atoms with Crippen LogP contribution >= 0.6 is 0 Å². The molecule has 1 atom stereocenters. The van der Waals surface area contributed by atoms with Crippen molar-refractivity contribution in [3.05, 3.63) is 42.2 Å². The Balaban J connectivity index is 2.49. The molecule has 0 radical (unpaired) electrons. The summed E-state index contributed by atoms with van der Waals surface area (Å²) in [6.07, 6.45) is 6.25. The van der Waals surface area contributed by atoms with Crippen LogP contribution in [0.25, 0.3) is 10.8 Å². The van der Waals surface area contributed by atoms with Crippen molar-refractivity contribution in [1.82, 2.24) is 10.3 Å². The van der Waals surface area contributed by atoms with Gasteiger partial charge in [0, 0.05) is 23.8 Å². The van der Waals surface area contributed by atoms with Crippen molar-refractivity contribution in [2.24, 2.45) is 5.92 Å². The first kappa shape index (κ1) is 14.0. The van der Waals surface area contributed by atoms with Crippen LogP contribution in [-0.2, 0) is 0 Å². The van der Waals surface area contributed by atoms with Gasteiger partial charge in [0.1, 0.15) is 0 Å². The highest BCUT2D eigenvalue weighted by Crippen LogP contribution is 2.31. The van der Waals surface area contributed by atoms with Gasteiger partial charge >= 0.3 is 0 Å². The summed E-state index contributed by atoms with van der Waals surface area (Å²) in [5.74, 6) is 0.679. The zero-order valence-corrected chi connectivity index (χ0v) is 12.2. The molecule has 102 valence electrons. The topological polar surface area (TPSA) is 24.9 Å². The first-order chi connectivity index (χ1) is 9.31. The van der Waals surface area contributed by atoms with Gasteiger partial charge in [-0.15, -0.1) is 0 Å². The molecule has 19 heavy (non-hydrogen) atoms. The van der Waals surface area contributed by atoms with Crippen LogP contribution < -0.4 is 5.32 Å². The monoisotopic (exact) mass is 256 g/mol. The molecule has 1 heterocycles. The largest absolute Gasteiger partial charge is 0.310 e. The van der Waals surface area contributed by atoms with E-state index < -0.39 is 0 Å². The molecule has 0 spiro atoms. The van der Waals surface area contributed by atoms with Gasteiger partial charge in [-0.3, -0.25) is 4.98 Å². The molecule has 0 fully saturated rings. The second kappa shape index (κ2) is 6.67. The van der Waals surface area contributed by atoms with Crippen LogP contribution in [0.2, 0.25) is 0 Å². The van der Waals surface area contributed by atoms with Crippen molar-refractivity contribution in [1.29, 1.82) is 0 Å². The quantitative estimate of drug-likeness (QED) is 0.832. The Labute approximate surface area is 116 Å². The molecule has 0 aliphatic rings. The molecule has 0 bridgehead atoms. The standard InChI is InChI=1S/C17H24N2/c1-4-13(5-2)17(19-6-3)16-9-7-8-14-12-18-11-10-15(14)16/h7-13,17,19H,4-6H2,1-3H3. The van der Waals surface area contributed by atoms with Crippen LogP contribution in [-0.4, -0.2) is 11.5 Å². The van der Waals surface area contributed by atoms with Crippen LogP contribution in [0.15, 0.2) is 36.7 Å². The lowest BCUT2D eigenvalue weighted by Crippen LogP contribution is -2.28. The number of hydrogen-bond donors (Lipinski definition) is 1. The minimum atomic E-state index is 0.436. The molecule has 0 saturated carbocycles. The minimum Gasteiger partial charge on any atom is -0.310 e. The zero-order chi connectivity index (χ0) is 13.7. The molecule has 2 rings (SSSR count). The summed E-state index contributed by atoms with van der Waals surface area (Å²) < 4.78 is 0. The highest BCUT2D eigenvalue weighted by atomic mass is 14.9. The highest BCUT2D eigenvalue weighted by molar-refractivity contribution is 5.85. The number of pyridine rings is 1. The van der Waals surface area contributed by atoms with Gasteiger partial charge in [-0.25, -0.2) is 0 Å². The van der Waals surface area contributed by atoms with Gasteiger partial charge in [0.25, 0.3) is 0 Å². The summed E-state index contributed by atoms with van der Waals surface area (Å²) in [7, 11) is 0. The molecule has 2 nitrogen and oxygen atoms in total. The Bertz CT molecular complexity index is 512. The van der Waals surface area contributed by atoms with Crippen LogP contribution in [0.3, 0.4) is 0 Å². The van der Waals surface area contributed by atoms with Gasteiger partial charge in [-0.1, -0.05) is 51.8 Å². The molecule has 1 N–H and O–H groups in total. The Hall–Kier alpha value is -1.41. The summed E-state index contributed by atoms with van der Waals surface area (Å²) in [4.78, 5) is 4.22. The van der Waals surface area contributed by atoms with E-state index in [9.17, 15) is 0 Å². The number of rotatable bonds is 6.